The lowest BCUT2D eigenvalue weighted by molar-refractivity contribution is -0.142. The Morgan fingerprint density at radius 2 is 1.64 bits per heavy atom. The van der Waals surface area contributed by atoms with Crippen molar-refractivity contribution in [3.8, 4) is 0 Å². The lowest BCUT2D eigenvalue weighted by Crippen LogP contribution is -2.54. The van der Waals surface area contributed by atoms with E-state index in [2.05, 4.69) is 20.9 Å². The number of nitrogens with zero attached hydrogens (tertiary/aromatic N) is 1. The topological polar surface area (TPSA) is 252 Å². The van der Waals surface area contributed by atoms with Gasteiger partial charge in [0.2, 0.25) is 17.7 Å². The van der Waals surface area contributed by atoms with E-state index in [9.17, 15) is 29.1 Å². The molecule has 0 aliphatic rings. The Morgan fingerprint density at radius 1 is 0.970 bits per heavy atom. The maximum absolute atomic E-state index is 12.6. The first-order valence-electron chi connectivity index (χ1n) is 10.1. The van der Waals surface area contributed by atoms with E-state index in [0.717, 1.165) is 0 Å². The number of carbonyl (C=O) groups is 5. The summed E-state index contributed by atoms with van der Waals surface area (Å²) in [5.41, 5.74) is 16.0. The first-order valence-corrected chi connectivity index (χ1v) is 11.5. The molecule has 0 bridgehead atoms. The van der Waals surface area contributed by atoms with Crippen molar-refractivity contribution in [3.63, 3.8) is 0 Å². The lowest BCUT2D eigenvalue weighted by Gasteiger charge is -2.21. The fraction of sp³-hybridized carbons (Fsp3) is 0.667. The van der Waals surface area contributed by atoms with Crippen LogP contribution in [-0.4, -0.2) is 89.1 Å². The molecule has 0 rings (SSSR count). The van der Waals surface area contributed by atoms with Crippen molar-refractivity contribution in [2.24, 2.45) is 22.2 Å². The Balaban J connectivity index is 4.84. The summed E-state index contributed by atoms with van der Waals surface area (Å²) in [6.07, 6.45) is 2.02. The highest BCUT2D eigenvalue weighted by Gasteiger charge is 2.26. The number of hydrogen-bond acceptors (Lipinski definition) is 8. The minimum Gasteiger partial charge on any atom is -0.481 e. The van der Waals surface area contributed by atoms with Gasteiger partial charge in [-0.2, -0.15) is 11.8 Å². The van der Waals surface area contributed by atoms with Gasteiger partial charge in [0, 0.05) is 13.0 Å². The second-order valence-corrected chi connectivity index (χ2v) is 7.99. The van der Waals surface area contributed by atoms with Crippen LogP contribution < -0.4 is 33.2 Å². The van der Waals surface area contributed by atoms with Crippen molar-refractivity contribution >= 4 is 47.4 Å². The quantitative estimate of drug-likeness (QED) is 0.0584. The summed E-state index contributed by atoms with van der Waals surface area (Å²) in [5.74, 6) is -4.04. The van der Waals surface area contributed by atoms with E-state index in [1.165, 1.54) is 11.8 Å². The van der Waals surface area contributed by atoms with Crippen LogP contribution in [0.25, 0.3) is 0 Å². The van der Waals surface area contributed by atoms with E-state index in [-0.39, 0.29) is 38.2 Å². The van der Waals surface area contributed by atoms with Crippen molar-refractivity contribution in [2.45, 2.75) is 50.2 Å². The van der Waals surface area contributed by atoms with Crippen LogP contribution in [0.4, 0.5) is 0 Å². The van der Waals surface area contributed by atoms with Gasteiger partial charge in [0.15, 0.2) is 5.96 Å². The summed E-state index contributed by atoms with van der Waals surface area (Å²) < 4.78 is 0. The normalized spacial score (nSPS) is 13.2. The number of carboxylic acid groups (broad SMARTS) is 2. The van der Waals surface area contributed by atoms with Gasteiger partial charge < -0.3 is 43.4 Å². The zero-order valence-electron chi connectivity index (χ0n) is 18.4. The predicted molar refractivity (Wildman–Crippen MR) is 122 cm³/mol. The second kappa shape index (κ2) is 16.5. The number of aliphatic imine (C=N–C) groups is 1. The van der Waals surface area contributed by atoms with Crippen LogP contribution in [0.1, 0.15) is 32.1 Å². The van der Waals surface area contributed by atoms with Crippen molar-refractivity contribution in [2.75, 3.05) is 25.1 Å². The number of carboxylic acids is 2. The summed E-state index contributed by atoms with van der Waals surface area (Å²) in [4.78, 5) is 62.4. The van der Waals surface area contributed by atoms with E-state index in [1.54, 1.807) is 6.26 Å². The van der Waals surface area contributed by atoms with Gasteiger partial charge in [-0.25, -0.2) is 4.79 Å². The van der Waals surface area contributed by atoms with Gasteiger partial charge in [0.1, 0.15) is 12.1 Å². The van der Waals surface area contributed by atoms with E-state index in [0.29, 0.717) is 12.2 Å². The van der Waals surface area contributed by atoms with Crippen molar-refractivity contribution in [1.82, 2.24) is 16.0 Å². The molecule has 0 aromatic rings. The van der Waals surface area contributed by atoms with Crippen LogP contribution >= 0.6 is 11.8 Å². The first kappa shape index (κ1) is 29.9. The number of hydrogen-bond donors (Lipinski definition) is 8. The average molecular weight is 492 g/mol. The van der Waals surface area contributed by atoms with Crippen LogP contribution in [0.5, 0.6) is 0 Å². The molecular formula is C18H33N7O7S. The fourth-order valence-electron chi connectivity index (χ4n) is 2.49. The SMILES string of the molecule is CSCCC(NC(=O)CNC(=O)C(N)CCC(=O)O)C(=O)NC(CCCN=C(N)N)C(=O)O. The van der Waals surface area contributed by atoms with Gasteiger partial charge in [-0.15, -0.1) is 0 Å². The van der Waals surface area contributed by atoms with Crippen LogP contribution in [0.3, 0.4) is 0 Å². The standard InChI is InChI=1S/C18H33N7O7S/c1-33-8-6-11(16(30)25-12(17(31)32)3-2-7-22-18(20)21)24-13(26)9-23-15(29)10(19)4-5-14(27)28/h10-12H,2-9,19H2,1H3,(H,23,29)(H,24,26)(H,25,30)(H,27,28)(H,31,32)(H4,20,21,22). The van der Waals surface area contributed by atoms with Gasteiger partial charge in [-0.05, 0) is 37.7 Å². The van der Waals surface area contributed by atoms with Gasteiger partial charge >= 0.3 is 11.9 Å². The summed E-state index contributed by atoms with van der Waals surface area (Å²) in [6.45, 7) is -0.285. The number of amides is 3. The summed E-state index contributed by atoms with van der Waals surface area (Å²) >= 11 is 1.43. The number of carbonyl (C=O) groups excluding carboxylic acids is 3. The molecule has 0 fully saturated rings. The highest BCUT2D eigenvalue weighted by molar-refractivity contribution is 7.98. The van der Waals surface area contributed by atoms with Crippen molar-refractivity contribution < 1.29 is 34.2 Å². The van der Waals surface area contributed by atoms with Crippen LogP contribution in [0.2, 0.25) is 0 Å². The van der Waals surface area contributed by atoms with Crippen LogP contribution in [-0.2, 0) is 24.0 Å². The molecule has 0 aliphatic carbocycles. The molecule has 14 nitrogen and oxygen atoms in total. The highest BCUT2D eigenvalue weighted by atomic mass is 32.2. The van der Waals surface area contributed by atoms with Crippen LogP contribution in [0.15, 0.2) is 4.99 Å². The molecule has 0 aromatic heterocycles. The van der Waals surface area contributed by atoms with Gasteiger partial charge in [0.25, 0.3) is 0 Å². The maximum Gasteiger partial charge on any atom is 0.326 e. The molecule has 0 aliphatic heterocycles. The van der Waals surface area contributed by atoms with E-state index >= 15 is 0 Å². The largest absolute Gasteiger partial charge is 0.481 e. The number of aliphatic carboxylic acids is 2. The molecule has 3 atom stereocenters. The van der Waals surface area contributed by atoms with E-state index in [4.69, 9.17) is 22.3 Å². The molecule has 0 spiro atoms. The van der Waals surface area contributed by atoms with Gasteiger partial charge in [0.05, 0.1) is 12.6 Å². The predicted octanol–water partition coefficient (Wildman–Crippen LogP) is -2.84. The maximum atomic E-state index is 12.6. The number of thioether (sulfide) groups is 1. The number of rotatable bonds is 17. The Kier molecular flexibility index (Phi) is 15.0. The van der Waals surface area contributed by atoms with Gasteiger partial charge in [-0.1, -0.05) is 0 Å². The summed E-state index contributed by atoms with van der Waals surface area (Å²) in [6, 6.07) is -3.32. The monoisotopic (exact) mass is 491 g/mol. The molecule has 15 heteroatoms. The molecule has 0 saturated heterocycles. The Labute approximate surface area is 195 Å². The van der Waals surface area contributed by atoms with Crippen LogP contribution in [0, 0.1) is 0 Å². The Morgan fingerprint density at radius 3 is 2.18 bits per heavy atom. The molecule has 188 valence electrons. The van der Waals surface area contributed by atoms with Crippen molar-refractivity contribution in [3.05, 3.63) is 0 Å². The third kappa shape index (κ3) is 14.6. The molecule has 3 amide bonds. The minimum atomic E-state index is -1.24. The molecule has 11 N–H and O–H groups in total. The molecular weight excluding hydrogens is 458 g/mol. The number of nitrogens with two attached hydrogens (primary N) is 3. The number of nitrogens with one attached hydrogen (secondary N) is 3. The highest BCUT2D eigenvalue weighted by Crippen LogP contribution is 2.04. The first-order chi connectivity index (χ1) is 15.5. The fourth-order valence-corrected chi connectivity index (χ4v) is 2.96. The van der Waals surface area contributed by atoms with E-state index < -0.39 is 54.3 Å². The Hall–Kier alpha value is -3.07. The minimum absolute atomic E-state index is 0.0747. The molecule has 0 aromatic carbocycles. The third-order valence-electron chi connectivity index (χ3n) is 4.25. The van der Waals surface area contributed by atoms with Crippen molar-refractivity contribution in [1.29, 1.82) is 0 Å². The Bertz CT molecular complexity index is 716. The average Bonchev–Trinajstić information content (AvgIpc) is 2.74. The molecule has 3 unspecified atom stereocenters. The molecule has 0 saturated carbocycles. The lowest BCUT2D eigenvalue weighted by atomic mass is 10.1. The summed E-state index contributed by atoms with van der Waals surface area (Å²) in [7, 11) is 0. The van der Waals surface area contributed by atoms with E-state index in [1.807, 2.05) is 0 Å². The zero-order valence-corrected chi connectivity index (χ0v) is 19.2. The molecule has 0 radical (unpaired) electrons. The molecule has 0 heterocycles. The second-order valence-electron chi connectivity index (χ2n) is 7.01. The number of guanidine groups is 1. The summed E-state index contributed by atoms with van der Waals surface area (Å²) in [5, 5.41) is 25.1. The molecule has 33 heavy (non-hydrogen) atoms. The smallest absolute Gasteiger partial charge is 0.326 e. The zero-order chi connectivity index (χ0) is 25.4. The third-order valence-corrected chi connectivity index (χ3v) is 4.90. The van der Waals surface area contributed by atoms with Gasteiger partial charge in [-0.3, -0.25) is 24.2 Å².